The molecule has 0 saturated carbocycles. The summed E-state index contributed by atoms with van der Waals surface area (Å²) in [6, 6.07) is 8.35. The highest BCUT2D eigenvalue weighted by Gasteiger charge is 2.28. The molecule has 0 atom stereocenters. The van der Waals surface area contributed by atoms with Gasteiger partial charge in [-0.05, 0) is 23.8 Å². The number of benzene rings is 2. The number of nitrogen functional groups attached to an aromatic ring is 1. The summed E-state index contributed by atoms with van der Waals surface area (Å²) in [7, 11) is 1.49. The van der Waals surface area contributed by atoms with Crippen molar-refractivity contribution in [3.8, 4) is 5.75 Å². The number of hydrogen-bond donors (Lipinski definition) is 1. The molecule has 2 aromatic heterocycles. The highest BCUT2D eigenvalue weighted by atomic mass is 19.4. The number of alkyl halides is 3. The number of rotatable bonds is 5. The van der Waals surface area contributed by atoms with Gasteiger partial charge in [0.2, 0.25) is 0 Å². The Kier molecular flexibility index (Phi) is 5.33. The number of fused-ring (bicyclic) bond motifs is 3. The van der Waals surface area contributed by atoms with E-state index < -0.39 is 24.5 Å². The average molecular weight is 447 g/mol. The predicted molar refractivity (Wildman–Crippen MR) is 109 cm³/mol. The van der Waals surface area contributed by atoms with E-state index in [1.807, 2.05) is 0 Å². The lowest BCUT2D eigenvalue weighted by Crippen LogP contribution is -2.27. The predicted octanol–water partition coefficient (Wildman–Crippen LogP) is 3.82. The van der Waals surface area contributed by atoms with Crippen LogP contribution in [0, 0.1) is 5.82 Å². The maximum absolute atomic E-state index is 14.7. The Morgan fingerprint density at radius 1 is 1.19 bits per heavy atom. The first-order valence-corrected chi connectivity index (χ1v) is 9.37. The third-order valence-corrected chi connectivity index (χ3v) is 4.79. The molecule has 4 rings (SSSR count). The summed E-state index contributed by atoms with van der Waals surface area (Å²) in [5.74, 6) is -1.09. The van der Waals surface area contributed by atoms with E-state index in [0.717, 1.165) is 6.07 Å². The molecule has 1 amide bonds. The number of carbonyl (C=O) groups is 1. The maximum atomic E-state index is 14.7. The zero-order chi connectivity index (χ0) is 23.0. The fourth-order valence-corrected chi connectivity index (χ4v) is 3.27. The Hall–Kier alpha value is -3.89. The lowest BCUT2D eigenvalue weighted by molar-refractivity contribution is -0.153. The molecule has 2 N–H and O–H groups in total. The van der Waals surface area contributed by atoms with Crippen molar-refractivity contribution >= 4 is 28.3 Å². The molecule has 11 heteroatoms. The second kappa shape index (κ2) is 7.98. The average Bonchev–Trinajstić information content (AvgIpc) is 3.23. The van der Waals surface area contributed by atoms with E-state index >= 15 is 0 Å². The number of nitrogens with two attached hydrogens (primary N) is 1. The zero-order valence-corrected chi connectivity index (χ0v) is 16.7. The van der Waals surface area contributed by atoms with Gasteiger partial charge in [0, 0.05) is 19.7 Å². The van der Waals surface area contributed by atoms with Gasteiger partial charge in [-0.15, -0.1) is 0 Å². The number of ether oxygens (including phenoxy) is 1. The molecule has 0 aliphatic rings. The van der Waals surface area contributed by atoms with Crippen LogP contribution in [-0.4, -0.2) is 45.0 Å². The van der Waals surface area contributed by atoms with Crippen LogP contribution in [0.3, 0.4) is 0 Å². The number of anilines is 1. The highest BCUT2D eigenvalue weighted by Crippen LogP contribution is 2.24. The van der Waals surface area contributed by atoms with E-state index in [1.54, 1.807) is 4.40 Å². The van der Waals surface area contributed by atoms with Crippen molar-refractivity contribution in [2.45, 2.75) is 12.7 Å². The summed E-state index contributed by atoms with van der Waals surface area (Å²) in [4.78, 5) is 22.4. The van der Waals surface area contributed by atoms with Crippen molar-refractivity contribution in [2.75, 3.05) is 19.4 Å². The van der Waals surface area contributed by atoms with Crippen molar-refractivity contribution in [2.24, 2.45) is 0 Å². The Morgan fingerprint density at radius 2 is 1.91 bits per heavy atom. The second-order valence-corrected chi connectivity index (χ2v) is 7.18. The topological polar surface area (TPSA) is 85.8 Å². The maximum Gasteiger partial charge on any atom is 0.422 e. The first-order chi connectivity index (χ1) is 15.1. The summed E-state index contributed by atoms with van der Waals surface area (Å²) in [6.45, 7) is -1.28. The third kappa shape index (κ3) is 4.27. The van der Waals surface area contributed by atoms with Crippen molar-refractivity contribution in [1.29, 1.82) is 0 Å². The van der Waals surface area contributed by atoms with Crippen LogP contribution < -0.4 is 10.5 Å². The Labute approximate surface area is 179 Å². The van der Waals surface area contributed by atoms with E-state index in [2.05, 4.69) is 14.7 Å². The van der Waals surface area contributed by atoms with Crippen LogP contribution in [0.4, 0.5) is 23.4 Å². The summed E-state index contributed by atoms with van der Waals surface area (Å²) < 4.78 is 57.7. The van der Waals surface area contributed by atoms with Crippen LogP contribution in [0.1, 0.15) is 15.9 Å². The molecule has 0 aliphatic heterocycles. The van der Waals surface area contributed by atoms with Gasteiger partial charge in [0.25, 0.3) is 5.91 Å². The minimum atomic E-state index is -4.43. The fourth-order valence-electron chi connectivity index (χ4n) is 3.27. The normalized spacial score (nSPS) is 11.8. The van der Waals surface area contributed by atoms with Gasteiger partial charge < -0.3 is 15.4 Å². The van der Waals surface area contributed by atoms with Crippen LogP contribution in [0.5, 0.6) is 5.75 Å². The molecular formula is C21H17F4N5O2. The molecule has 0 radical (unpaired) electrons. The van der Waals surface area contributed by atoms with Crippen LogP contribution in [0.25, 0.3) is 16.6 Å². The van der Waals surface area contributed by atoms with E-state index in [0.29, 0.717) is 16.6 Å². The van der Waals surface area contributed by atoms with E-state index in [4.69, 9.17) is 5.73 Å². The number of amides is 1. The Balaban J connectivity index is 1.55. The number of carbonyl (C=O) groups excluding carboxylic acids is 1. The molecule has 2 aromatic carbocycles. The van der Waals surface area contributed by atoms with Crippen LogP contribution in [0.15, 0.2) is 48.9 Å². The number of aromatic nitrogens is 3. The van der Waals surface area contributed by atoms with Gasteiger partial charge in [-0.1, -0.05) is 12.1 Å². The van der Waals surface area contributed by atoms with Gasteiger partial charge in [-0.3, -0.25) is 9.20 Å². The van der Waals surface area contributed by atoms with Crippen LogP contribution in [-0.2, 0) is 6.54 Å². The van der Waals surface area contributed by atoms with Gasteiger partial charge in [-0.2, -0.15) is 13.2 Å². The first-order valence-electron chi connectivity index (χ1n) is 9.37. The van der Waals surface area contributed by atoms with E-state index in [1.165, 1.54) is 54.8 Å². The lowest BCUT2D eigenvalue weighted by Gasteiger charge is -2.18. The standard InChI is InChI=1S/C21H17F4N5O2/c1-29(9-12-2-4-13(5-3-12)32-10-21(23,24)25)20(31)14-6-17-16(7-15(14)22)28-19(26)18-8-27-11-30(17)18/h2-8,11H,9-10H2,1H3,(H2,26,28). The summed E-state index contributed by atoms with van der Waals surface area (Å²) in [5, 5.41) is 0. The van der Waals surface area contributed by atoms with Crippen LogP contribution >= 0.6 is 0 Å². The monoisotopic (exact) mass is 447 g/mol. The molecule has 0 unspecified atom stereocenters. The zero-order valence-electron chi connectivity index (χ0n) is 16.7. The molecular weight excluding hydrogens is 430 g/mol. The largest absolute Gasteiger partial charge is 0.484 e. The fraction of sp³-hybridized carbons (Fsp3) is 0.190. The molecule has 4 aromatic rings. The minimum Gasteiger partial charge on any atom is -0.484 e. The minimum absolute atomic E-state index is 0.0525. The number of hydrogen-bond acceptors (Lipinski definition) is 5. The smallest absolute Gasteiger partial charge is 0.422 e. The van der Waals surface area contributed by atoms with Crippen molar-refractivity contribution in [3.05, 3.63) is 65.9 Å². The molecule has 166 valence electrons. The van der Waals surface area contributed by atoms with Gasteiger partial charge >= 0.3 is 6.18 Å². The van der Waals surface area contributed by atoms with Gasteiger partial charge in [0.05, 0.1) is 29.1 Å². The number of halogens is 4. The summed E-state index contributed by atoms with van der Waals surface area (Å²) in [6.07, 6.45) is -1.42. The van der Waals surface area contributed by atoms with E-state index in [-0.39, 0.29) is 29.2 Å². The first kappa shape index (κ1) is 21.3. The molecule has 0 spiro atoms. The second-order valence-electron chi connectivity index (χ2n) is 7.18. The molecule has 0 fully saturated rings. The molecule has 7 nitrogen and oxygen atoms in total. The van der Waals surface area contributed by atoms with Gasteiger partial charge in [0.15, 0.2) is 6.61 Å². The van der Waals surface area contributed by atoms with E-state index in [9.17, 15) is 22.4 Å². The number of imidazole rings is 1. The summed E-state index contributed by atoms with van der Waals surface area (Å²) >= 11 is 0. The SMILES string of the molecule is CN(Cc1ccc(OCC(F)(F)F)cc1)C(=O)c1cc2c(cc1F)nc(N)c1cncn12. The molecule has 0 bridgehead atoms. The van der Waals surface area contributed by atoms with Crippen LogP contribution in [0.2, 0.25) is 0 Å². The Bertz CT molecular complexity index is 1300. The van der Waals surface area contributed by atoms with Crippen molar-refractivity contribution < 1.29 is 27.1 Å². The van der Waals surface area contributed by atoms with Gasteiger partial charge in [0.1, 0.15) is 22.9 Å². The molecule has 0 aliphatic carbocycles. The third-order valence-electron chi connectivity index (χ3n) is 4.79. The van der Waals surface area contributed by atoms with Crippen molar-refractivity contribution in [1.82, 2.24) is 19.3 Å². The molecule has 2 heterocycles. The molecule has 0 saturated heterocycles. The highest BCUT2D eigenvalue weighted by molar-refractivity contribution is 5.98. The van der Waals surface area contributed by atoms with Crippen molar-refractivity contribution in [3.63, 3.8) is 0 Å². The molecule has 32 heavy (non-hydrogen) atoms. The van der Waals surface area contributed by atoms with Gasteiger partial charge in [-0.25, -0.2) is 14.4 Å². The Morgan fingerprint density at radius 3 is 2.59 bits per heavy atom. The quantitative estimate of drug-likeness (QED) is 0.470. The lowest BCUT2D eigenvalue weighted by atomic mass is 10.1. The summed E-state index contributed by atoms with van der Waals surface area (Å²) in [5.41, 5.74) is 7.61. The number of nitrogens with zero attached hydrogens (tertiary/aromatic N) is 4.